The Balaban J connectivity index is -0.000000219. The van der Waals surface area contributed by atoms with Gasteiger partial charge in [0.05, 0.1) is 18.8 Å². The first-order valence-electron chi connectivity index (χ1n) is 4.46. The highest BCUT2D eigenvalue weighted by Crippen LogP contribution is 2.05. The topological polar surface area (TPSA) is 152 Å². The molecule has 0 heterocycles. The van der Waals surface area contributed by atoms with Gasteiger partial charge >= 0.3 is 0 Å². The Hall–Kier alpha value is -0.0531. The van der Waals surface area contributed by atoms with Crippen LogP contribution in [-0.2, 0) is 34.2 Å². The molecule has 0 aliphatic rings. The maximum atomic E-state index is 10.5. The molecule has 120 valence electrons. The lowest BCUT2D eigenvalue weighted by molar-refractivity contribution is 0.488. The smallest absolute Gasteiger partial charge is 0.261 e. The summed E-state index contributed by atoms with van der Waals surface area (Å²) in [6.07, 6.45) is 2.51. The lowest BCUT2D eigenvalue weighted by atomic mass is 11.8. The predicted octanol–water partition coefficient (Wildman–Crippen LogP) is -0.194. The summed E-state index contributed by atoms with van der Waals surface area (Å²) in [7, 11) is -12.4. The summed E-state index contributed by atoms with van der Waals surface area (Å²) in [5.74, 6) is 0. The van der Waals surface area contributed by atoms with Crippen LogP contribution in [0.1, 0.15) is 0 Å². The molecular formula is C6H20O9S3Si. The SMILES string of the molecule is CS(=O)(=O)O.CS(=O)(=O)O.C[Si](C)(C)OS(C)(=O)=O. The van der Waals surface area contributed by atoms with Crippen LogP contribution in [-0.4, -0.2) is 61.4 Å². The van der Waals surface area contributed by atoms with E-state index < -0.39 is 38.7 Å². The van der Waals surface area contributed by atoms with Crippen molar-refractivity contribution in [2.75, 3.05) is 18.8 Å². The van der Waals surface area contributed by atoms with Gasteiger partial charge in [-0.3, -0.25) is 9.11 Å². The first-order valence-corrected chi connectivity index (χ1v) is 13.4. The average molecular weight is 361 g/mol. The molecule has 0 spiro atoms. The third kappa shape index (κ3) is 129. The lowest BCUT2D eigenvalue weighted by Crippen LogP contribution is -2.28. The van der Waals surface area contributed by atoms with Crippen LogP contribution in [0.25, 0.3) is 0 Å². The Morgan fingerprint density at radius 2 is 0.895 bits per heavy atom. The van der Waals surface area contributed by atoms with Gasteiger partial charge in [0, 0.05) is 0 Å². The summed E-state index contributed by atoms with van der Waals surface area (Å²) in [5, 5.41) is 0. The molecule has 0 atom stereocenters. The van der Waals surface area contributed by atoms with Crippen molar-refractivity contribution < 1.29 is 38.2 Å². The van der Waals surface area contributed by atoms with E-state index in [9.17, 15) is 25.3 Å². The van der Waals surface area contributed by atoms with Crippen molar-refractivity contribution in [2.45, 2.75) is 19.6 Å². The lowest BCUT2D eigenvalue weighted by Gasteiger charge is -2.13. The molecule has 0 aromatic carbocycles. The Labute approximate surface area is 115 Å². The third-order valence-corrected chi connectivity index (χ3v) is 3.61. The Bertz CT molecular complexity index is 491. The number of hydrogen-bond acceptors (Lipinski definition) is 7. The number of hydrogen-bond donors (Lipinski definition) is 2. The normalized spacial score (nSPS) is 12.6. The van der Waals surface area contributed by atoms with Crippen LogP contribution in [0.15, 0.2) is 0 Å². The van der Waals surface area contributed by atoms with E-state index in [2.05, 4.69) is 0 Å². The van der Waals surface area contributed by atoms with Gasteiger partial charge in [-0.05, 0) is 19.6 Å². The molecule has 0 rings (SSSR count). The standard InChI is InChI=1S/C4H12O3SSi.2CH4O3S/c1-8(5,6)7-9(2,3)4;2*1-5(2,3)4/h1-4H3;2*1H3,(H,2,3,4). The van der Waals surface area contributed by atoms with Gasteiger partial charge in [0.2, 0.25) is 8.32 Å². The molecule has 0 aromatic rings. The van der Waals surface area contributed by atoms with Gasteiger partial charge in [-0.2, -0.15) is 16.8 Å². The molecule has 0 amide bonds. The van der Waals surface area contributed by atoms with Gasteiger partial charge in [0.1, 0.15) is 0 Å². The highest BCUT2D eigenvalue weighted by atomic mass is 32.2. The van der Waals surface area contributed by atoms with Gasteiger partial charge in [-0.15, -0.1) is 0 Å². The van der Waals surface area contributed by atoms with E-state index in [0.29, 0.717) is 12.5 Å². The van der Waals surface area contributed by atoms with E-state index in [1.165, 1.54) is 0 Å². The van der Waals surface area contributed by atoms with Crippen LogP contribution in [0, 0.1) is 0 Å². The monoisotopic (exact) mass is 360 g/mol. The molecule has 0 bridgehead atoms. The molecule has 0 radical (unpaired) electrons. The van der Waals surface area contributed by atoms with Crippen LogP contribution in [0.3, 0.4) is 0 Å². The van der Waals surface area contributed by atoms with Crippen LogP contribution in [0.2, 0.25) is 19.6 Å². The van der Waals surface area contributed by atoms with Gasteiger partial charge in [-0.25, -0.2) is 8.42 Å². The zero-order valence-corrected chi connectivity index (χ0v) is 14.9. The molecule has 0 aliphatic carbocycles. The third-order valence-electron chi connectivity index (χ3n) is 0.401. The summed E-state index contributed by atoms with van der Waals surface area (Å²) in [4.78, 5) is 0. The Morgan fingerprint density at radius 1 is 0.737 bits per heavy atom. The fraction of sp³-hybridized carbons (Fsp3) is 1.00. The van der Waals surface area contributed by atoms with E-state index in [0.717, 1.165) is 6.26 Å². The molecule has 2 N–H and O–H groups in total. The van der Waals surface area contributed by atoms with Crippen molar-refractivity contribution in [2.24, 2.45) is 0 Å². The van der Waals surface area contributed by atoms with Gasteiger partial charge in [0.15, 0.2) is 0 Å². The Kier molecular flexibility index (Phi) is 10.5. The minimum Gasteiger partial charge on any atom is -0.316 e. The second-order valence-corrected chi connectivity index (χ2v) is 13.6. The minimum atomic E-state index is -3.67. The molecule has 0 fully saturated rings. The van der Waals surface area contributed by atoms with E-state index in [1.54, 1.807) is 0 Å². The van der Waals surface area contributed by atoms with Crippen molar-refractivity contribution in [3.63, 3.8) is 0 Å². The Morgan fingerprint density at radius 3 is 0.895 bits per heavy atom. The molecule has 0 aromatic heterocycles. The average Bonchev–Trinajstić information content (AvgIpc) is 1.63. The second-order valence-electron chi connectivity index (χ2n) is 4.37. The zero-order chi connectivity index (χ0) is 16.7. The van der Waals surface area contributed by atoms with Crippen LogP contribution in [0.5, 0.6) is 0 Å². The largest absolute Gasteiger partial charge is 0.316 e. The first kappa shape index (κ1) is 24.0. The maximum absolute atomic E-state index is 10.5. The van der Waals surface area contributed by atoms with Gasteiger partial charge in [0.25, 0.3) is 30.4 Å². The van der Waals surface area contributed by atoms with E-state index >= 15 is 0 Å². The van der Waals surface area contributed by atoms with Crippen LogP contribution < -0.4 is 0 Å². The van der Waals surface area contributed by atoms with Crippen molar-refractivity contribution in [1.82, 2.24) is 0 Å². The number of rotatable bonds is 2. The molecule has 0 saturated heterocycles. The van der Waals surface area contributed by atoms with Gasteiger partial charge < -0.3 is 3.87 Å². The molecule has 9 nitrogen and oxygen atoms in total. The summed E-state index contributed by atoms with van der Waals surface area (Å²) in [5.41, 5.74) is 0. The summed E-state index contributed by atoms with van der Waals surface area (Å²) < 4.78 is 77.4. The van der Waals surface area contributed by atoms with Crippen LogP contribution >= 0.6 is 0 Å². The molecule has 0 aliphatic heterocycles. The quantitative estimate of drug-likeness (QED) is 0.503. The van der Waals surface area contributed by atoms with E-state index in [4.69, 9.17) is 13.0 Å². The highest BCUT2D eigenvalue weighted by molar-refractivity contribution is 7.87. The molecule has 0 unspecified atom stereocenters. The highest BCUT2D eigenvalue weighted by Gasteiger charge is 2.20. The van der Waals surface area contributed by atoms with Crippen molar-refractivity contribution in [3.05, 3.63) is 0 Å². The fourth-order valence-electron chi connectivity index (χ4n) is 0.454. The van der Waals surface area contributed by atoms with E-state index in [1.807, 2.05) is 19.6 Å². The van der Waals surface area contributed by atoms with Crippen LogP contribution in [0.4, 0.5) is 0 Å². The molecule has 0 saturated carbocycles. The predicted molar refractivity (Wildman–Crippen MR) is 74.2 cm³/mol. The summed E-state index contributed by atoms with van der Waals surface area (Å²) in [6, 6.07) is 0. The van der Waals surface area contributed by atoms with Crippen molar-refractivity contribution in [3.8, 4) is 0 Å². The minimum absolute atomic E-state index is 0.715. The summed E-state index contributed by atoms with van der Waals surface area (Å²) in [6.45, 7) is 5.48. The molecule has 19 heavy (non-hydrogen) atoms. The summed E-state index contributed by atoms with van der Waals surface area (Å²) >= 11 is 0. The van der Waals surface area contributed by atoms with Crippen molar-refractivity contribution in [1.29, 1.82) is 0 Å². The molecular weight excluding hydrogens is 340 g/mol. The fourth-order valence-corrected chi connectivity index (χ4v) is 4.09. The van der Waals surface area contributed by atoms with E-state index in [-0.39, 0.29) is 0 Å². The van der Waals surface area contributed by atoms with Crippen molar-refractivity contribution >= 4 is 38.7 Å². The van der Waals surface area contributed by atoms with Gasteiger partial charge in [-0.1, -0.05) is 0 Å². The zero-order valence-electron chi connectivity index (χ0n) is 11.5. The maximum Gasteiger partial charge on any atom is 0.261 e. The second kappa shape index (κ2) is 8.28. The molecule has 13 heteroatoms. The first-order chi connectivity index (χ1) is 7.71.